The first-order valence-electron chi connectivity index (χ1n) is 11.8. The summed E-state index contributed by atoms with van der Waals surface area (Å²) in [6.45, 7) is 6.46. The lowest BCUT2D eigenvalue weighted by molar-refractivity contribution is -0.133. The van der Waals surface area contributed by atoms with Crippen LogP contribution in [0.3, 0.4) is 0 Å². The molecule has 2 heterocycles. The van der Waals surface area contributed by atoms with Crippen LogP contribution >= 0.6 is 11.3 Å². The third-order valence-corrected chi connectivity index (χ3v) is 9.08. The van der Waals surface area contributed by atoms with Crippen molar-refractivity contribution in [1.29, 1.82) is 0 Å². The number of amides is 1. The Balaban J connectivity index is 1.66. The zero-order valence-corrected chi connectivity index (χ0v) is 22.2. The van der Waals surface area contributed by atoms with Crippen molar-refractivity contribution in [1.82, 2.24) is 9.21 Å². The minimum Gasteiger partial charge on any atom is -0.497 e. The molecule has 1 amide bonds. The number of carbonyl (C=O) groups is 1. The molecule has 186 valence electrons. The van der Waals surface area contributed by atoms with Crippen molar-refractivity contribution in [3.8, 4) is 5.75 Å². The van der Waals surface area contributed by atoms with Gasteiger partial charge in [-0.1, -0.05) is 43.7 Å². The number of sulfonamides is 1. The number of carbonyl (C=O) groups excluding carboxylic acids is 1. The molecule has 1 atom stereocenters. The van der Waals surface area contributed by atoms with E-state index in [2.05, 4.69) is 11.4 Å². The van der Waals surface area contributed by atoms with Crippen molar-refractivity contribution >= 4 is 27.3 Å². The van der Waals surface area contributed by atoms with E-state index in [4.69, 9.17) is 4.74 Å². The molecule has 1 aliphatic heterocycles. The maximum atomic E-state index is 13.8. The molecule has 0 fully saturated rings. The molecule has 1 aliphatic rings. The molecule has 1 unspecified atom stereocenters. The summed E-state index contributed by atoms with van der Waals surface area (Å²) in [5, 5.41) is 2.06. The molecular formula is C27H32N2O4S2. The van der Waals surface area contributed by atoms with E-state index in [1.807, 2.05) is 49.9 Å². The second-order valence-electron chi connectivity index (χ2n) is 9.32. The average Bonchev–Trinajstić information content (AvgIpc) is 3.32. The number of aryl methyl sites for hydroxylation is 1. The maximum Gasteiger partial charge on any atom is 0.243 e. The number of nitrogens with zero attached hydrogens (tertiary/aromatic N) is 2. The van der Waals surface area contributed by atoms with Gasteiger partial charge in [-0.25, -0.2) is 8.42 Å². The number of benzene rings is 2. The summed E-state index contributed by atoms with van der Waals surface area (Å²) in [4.78, 5) is 17.1. The first-order chi connectivity index (χ1) is 16.7. The van der Waals surface area contributed by atoms with Gasteiger partial charge in [-0.05, 0) is 66.1 Å². The number of hydrogen-bond donors (Lipinski definition) is 0. The molecular weight excluding hydrogens is 480 g/mol. The molecule has 2 aromatic carbocycles. The van der Waals surface area contributed by atoms with Gasteiger partial charge in [-0.15, -0.1) is 11.3 Å². The summed E-state index contributed by atoms with van der Waals surface area (Å²) in [7, 11) is -2.19. The number of methoxy groups -OCH3 is 1. The van der Waals surface area contributed by atoms with Gasteiger partial charge in [0.15, 0.2) is 0 Å². The molecule has 6 nitrogen and oxygen atoms in total. The molecule has 0 bridgehead atoms. The van der Waals surface area contributed by atoms with Gasteiger partial charge in [0.05, 0.1) is 24.6 Å². The SMILES string of the molecule is COc1ccc(C2c3ccsc3CCN2C(=O)CN(CC(C)C)S(=O)(=O)c2ccc(C)cc2)cc1. The topological polar surface area (TPSA) is 66.9 Å². The number of rotatable bonds is 8. The van der Waals surface area contributed by atoms with Crippen molar-refractivity contribution in [3.63, 3.8) is 0 Å². The van der Waals surface area contributed by atoms with Crippen molar-refractivity contribution < 1.29 is 17.9 Å². The Hall–Kier alpha value is -2.68. The highest BCUT2D eigenvalue weighted by molar-refractivity contribution is 7.89. The molecule has 4 rings (SSSR count). The molecule has 0 radical (unpaired) electrons. The van der Waals surface area contributed by atoms with E-state index in [0.717, 1.165) is 28.9 Å². The Morgan fingerprint density at radius 3 is 2.43 bits per heavy atom. The van der Waals surface area contributed by atoms with Crippen LogP contribution in [0.2, 0.25) is 0 Å². The van der Waals surface area contributed by atoms with Crippen molar-refractivity contribution in [2.45, 2.75) is 38.1 Å². The van der Waals surface area contributed by atoms with Gasteiger partial charge in [-0.2, -0.15) is 4.31 Å². The fraction of sp³-hybridized carbons (Fsp3) is 0.370. The van der Waals surface area contributed by atoms with Crippen LogP contribution in [-0.4, -0.2) is 50.3 Å². The normalized spacial score (nSPS) is 15.9. The molecule has 0 aliphatic carbocycles. The predicted octanol–water partition coefficient (Wildman–Crippen LogP) is 4.89. The lowest BCUT2D eigenvalue weighted by Crippen LogP contribution is -2.47. The largest absolute Gasteiger partial charge is 0.497 e. The minimum absolute atomic E-state index is 0.0743. The van der Waals surface area contributed by atoms with Gasteiger partial charge in [0.2, 0.25) is 15.9 Å². The van der Waals surface area contributed by atoms with E-state index in [9.17, 15) is 13.2 Å². The summed E-state index contributed by atoms with van der Waals surface area (Å²) in [5.74, 6) is 0.629. The number of thiophene rings is 1. The fourth-order valence-corrected chi connectivity index (χ4v) is 6.94. The van der Waals surface area contributed by atoms with Gasteiger partial charge < -0.3 is 9.64 Å². The number of fused-ring (bicyclic) bond motifs is 1. The zero-order chi connectivity index (χ0) is 25.2. The van der Waals surface area contributed by atoms with Crippen molar-refractivity contribution in [3.05, 3.63) is 81.5 Å². The van der Waals surface area contributed by atoms with E-state index >= 15 is 0 Å². The van der Waals surface area contributed by atoms with Crippen LogP contribution < -0.4 is 4.74 Å². The fourth-order valence-electron chi connectivity index (χ4n) is 4.49. The lowest BCUT2D eigenvalue weighted by Gasteiger charge is -2.37. The van der Waals surface area contributed by atoms with Gasteiger partial charge in [0.25, 0.3) is 0 Å². The third-order valence-electron chi connectivity index (χ3n) is 6.26. The second-order valence-corrected chi connectivity index (χ2v) is 12.3. The average molecular weight is 513 g/mol. The lowest BCUT2D eigenvalue weighted by atomic mass is 9.93. The minimum atomic E-state index is -3.82. The van der Waals surface area contributed by atoms with Crippen molar-refractivity contribution in [2.75, 3.05) is 26.7 Å². The smallest absolute Gasteiger partial charge is 0.243 e. The summed E-state index contributed by atoms with van der Waals surface area (Å²) >= 11 is 1.70. The molecule has 0 saturated heterocycles. The van der Waals surface area contributed by atoms with Crippen LogP contribution in [0.25, 0.3) is 0 Å². The molecule has 1 aromatic heterocycles. The van der Waals surface area contributed by atoms with Crippen LogP contribution in [0, 0.1) is 12.8 Å². The molecule has 0 spiro atoms. The predicted molar refractivity (Wildman–Crippen MR) is 139 cm³/mol. The van der Waals surface area contributed by atoms with E-state index in [1.54, 1.807) is 42.7 Å². The summed E-state index contributed by atoms with van der Waals surface area (Å²) < 4.78 is 33.7. The van der Waals surface area contributed by atoms with Crippen molar-refractivity contribution in [2.24, 2.45) is 5.92 Å². The van der Waals surface area contributed by atoms with Crippen LogP contribution in [0.1, 0.15) is 41.5 Å². The van der Waals surface area contributed by atoms with Gasteiger partial charge in [0.1, 0.15) is 5.75 Å². The maximum absolute atomic E-state index is 13.8. The van der Waals surface area contributed by atoms with E-state index in [0.29, 0.717) is 6.54 Å². The van der Waals surface area contributed by atoms with Crippen LogP contribution in [0.4, 0.5) is 0 Å². The first-order valence-corrected chi connectivity index (χ1v) is 14.1. The Morgan fingerprint density at radius 2 is 1.80 bits per heavy atom. The highest BCUT2D eigenvalue weighted by Crippen LogP contribution is 2.38. The van der Waals surface area contributed by atoms with E-state index in [-0.39, 0.29) is 35.9 Å². The molecule has 35 heavy (non-hydrogen) atoms. The molecule has 8 heteroatoms. The first kappa shape index (κ1) is 25.4. The van der Waals surface area contributed by atoms with Crippen LogP contribution in [0.15, 0.2) is 64.9 Å². The number of hydrogen-bond acceptors (Lipinski definition) is 5. The zero-order valence-electron chi connectivity index (χ0n) is 20.6. The summed E-state index contributed by atoms with van der Waals surface area (Å²) in [6, 6.07) is 16.3. The Bertz CT molecular complexity index is 1270. The Kier molecular flexibility index (Phi) is 7.64. The van der Waals surface area contributed by atoms with Gasteiger partial charge in [0, 0.05) is 18.0 Å². The monoisotopic (exact) mass is 512 g/mol. The Labute approximate surface area is 212 Å². The van der Waals surface area contributed by atoms with E-state index < -0.39 is 10.0 Å². The second kappa shape index (κ2) is 10.5. The quantitative estimate of drug-likeness (QED) is 0.431. The number of ether oxygens (including phenoxy) is 1. The van der Waals surface area contributed by atoms with Crippen LogP contribution in [-0.2, 0) is 21.2 Å². The van der Waals surface area contributed by atoms with Gasteiger partial charge in [-0.3, -0.25) is 4.79 Å². The highest BCUT2D eigenvalue weighted by Gasteiger charge is 2.35. The third kappa shape index (κ3) is 5.44. The molecule has 0 saturated carbocycles. The standard InChI is InChI=1S/C27H32N2O4S2/c1-19(2)17-28(35(31,32)23-11-5-20(3)6-12-23)18-26(30)29-15-13-25-24(14-16-34-25)27(29)21-7-9-22(33-4)10-8-21/h5-12,14,16,19,27H,13,15,17-18H2,1-4H3. The Morgan fingerprint density at radius 1 is 1.11 bits per heavy atom. The summed E-state index contributed by atoms with van der Waals surface area (Å²) in [6.07, 6.45) is 0.764. The van der Waals surface area contributed by atoms with Gasteiger partial charge >= 0.3 is 0 Å². The summed E-state index contributed by atoms with van der Waals surface area (Å²) in [5.41, 5.74) is 3.07. The highest BCUT2D eigenvalue weighted by atomic mass is 32.2. The molecule has 0 N–H and O–H groups in total. The van der Waals surface area contributed by atoms with Crippen LogP contribution in [0.5, 0.6) is 5.75 Å². The van der Waals surface area contributed by atoms with E-state index in [1.165, 1.54) is 9.18 Å². The molecule has 3 aromatic rings.